The van der Waals surface area contributed by atoms with Gasteiger partial charge in [0.15, 0.2) is 5.13 Å². The number of aryl methyl sites for hydroxylation is 2. The van der Waals surface area contributed by atoms with Crippen LogP contribution in [-0.4, -0.2) is 26.6 Å². The minimum absolute atomic E-state index is 0.112. The molecule has 0 unspecified atom stereocenters. The van der Waals surface area contributed by atoms with E-state index in [1.54, 1.807) is 24.0 Å². The predicted octanol–water partition coefficient (Wildman–Crippen LogP) is 3.97. The summed E-state index contributed by atoms with van der Waals surface area (Å²) in [5.41, 5.74) is 2.43. The van der Waals surface area contributed by atoms with Crippen molar-refractivity contribution < 1.29 is 9.59 Å². The maximum atomic E-state index is 12.6. The summed E-state index contributed by atoms with van der Waals surface area (Å²) in [7, 11) is 1.75. The lowest BCUT2D eigenvalue weighted by molar-refractivity contribution is -0.117. The number of hydrogen-bond donors (Lipinski definition) is 2. The average molecular weight is 410 g/mol. The molecule has 0 fully saturated rings. The fourth-order valence-corrected chi connectivity index (χ4v) is 3.52. The number of anilines is 2. The molecule has 0 saturated heterocycles. The molecule has 29 heavy (non-hydrogen) atoms. The molecule has 0 aliphatic rings. The van der Waals surface area contributed by atoms with Gasteiger partial charge in [0.05, 0.1) is 11.6 Å². The molecule has 0 radical (unpaired) electrons. The second-order valence-corrected chi connectivity index (χ2v) is 7.67. The van der Waals surface area contributed by atoms with Gasteiger partial charge in [-0.1, -0.05) is 31.7 Å². The molecule has 1 atom stereocenters. The van der Waals surface area contributed by atoms with Crippen LogP contribution in [-0.2, 0) is 23.1 Å². The smallest absolute Gasteiger partial charge is 0.248 e. The van der Waals surface area contributed by atoms with Gasteiger partial charge in [0.1, 0.15) is 5.82 Å². The van der Waals surface area contributed by atoms with Crippen LogP contribution in [0.2, 0.25) is 0 Å². The molecule has 2 amide bonds. The number of rotatable bonds is 7. The van der Waals surface area contributed by atoms with Crippen molar-refractivity contribution in [1.29, 1.82) is 0 Å². The third kappa shape index (κ3) is 4.78. The maximum absolute atomic E-state index is 12.6. The van der Waals surface area contributed by atoms with E-state index < -0.39 is 0 Å². The Hall–Kier alpha value is -3.26. The van der Waals surface area contributed by atoms with Crippen molar-refractivity contribution in [3.05, 3.63) is 59.6 Å². The van der Waals surface area contributed by atoms with E-state index in [0.29, 0.717) is 16.6 Å². The molecule has 3 aromatic rings. The molecular weight excluding hydrogens is 386 g/mol. The summed E-state index contributed by atoms with van der Waals surface area (Å²) in [6.07, 6.45) is 3.89. The van der Waals surface area contributed by atoms with Crippen molar-refractivity contribution in [2.45, 2.75) is 26.2 Å². The van der Waals surface area contributed by atoms with Gasteiger partial charge in [-0.15, -0.1) is 11.3 Å². The van der Waals surface area contributed by atoms with Gasteiger partial charge >= 0.3 is 0 Å². The van der Waals surface area contributed by atoms with Crippen molar-refractivity contribution in [1.82, 2.24) is 14.8 Å². The van der Waals surface area contributed by atoms with Gasteiger partial charge in [-0.3, -0.25) is 14.3 Å². The van der Waals surface area contributed by atoms with Crippen LogP contribution >= 0.6 is 11.3 Å². The molecule has 0 saturated carbocycles. The largest absolute Gasteiger partial charge is 0.307 e. The number of nitrogens with zero attached hydrogens (tertiary/aromatic N) is 3. The van der Waals surface area contributed by atoms with Crippen molar-refractivity contribution in [3.63, 3.8) is 0 Å². The normalized spacial score (nSPS) is 11.7. The highest BCUT2D eigenvalue weighted by atomic mass is 32.1. The zero-order chi connectivity index (χ0) is 21.0. The molecule has 0 aliphatic carbocycles. The van der Waals surface area contributed by atoms with Crippen LogP contribution in [0, 0.1) is 0 Å². The van der Waals surface area contributed by atoms with Gasteiger partial charge in [0.2, 0.25) is 11.8 Å². The summed E-state index contributed by atoms with van der Waals surface area (Å²) in [4.78, 5) is 29.6. The monoisotopic (exact) mass is 409 g/mol. The van der Waals surface area contributed by atoms with Gasteiger partial charge in [0.25, 0.3) is 0 Å². The van der Waals surface area contributed by atoms with Crippen LogP contribution in [0.1, 0.15) is 30.2 Å². The Bertz CT molecular complexity index is 1050. The summed E-state index contributed by atoms with van der Waals surface area (Å²) < 4.78 is 1.59. The maximum Gasteiger partial charge on any atom is 0.248 e. The first-order chi connectivity index (χ1) is 13.9. The van der Waals surface area contributed by atoms with Crippen LogP contribution in [0.5, 0.6) is 0 Å². The highest BCUT2D eigenvalue weighted by Crippen LogP contribution is 2.27. The third-order valence-corrected chi connectivity index (χ3v) is 5.58. The standard InChI is InChI=1S/C21H23N5O2S/c1-5-16-12-22-21(29-16)24-20(28)13(3)14-8-7-9-15(10-14)17-11-18(26(4)25-17)23-19(27)6-2/h6-13H,2,5H2,1,3-4H3,(H,23,27)(H,22,24,28)/t13-/m0/s1. The highest BCUT2D eigenvalue weighted by Gasteiger charge is 2.18. The molecule has 2 aromatic heterocycles. The van der Waals surface area contributed by atoms with Crippen LogP contribution in [0.25, 0.3) is 11.3 Å². The molecule has 1 aromatic carbocycles. The number of benzene rings is 1. The number of thiazole rings is 1. The van der Waals surface area contributed by atoms with Crippen LogP contribution in [0.4, 0.5) is 10.9 Å². The SMILES string of the molecule is C=CC(=O)Nc1cc(-c2cccc([C@H](C)C(=O)Nc3ncc(CC)s3)c2)nn1C. The molecule has 7 nitrogen and oxygen atoms in total. The summed E-state index contributed by atoms with van der Waals surface area (Å²) >= 11 is 1.49. The number of carbonyl (C=O) groups excluding carboxylic acids is 2. The minimum atomic E-state index is -0.354. The minimum Gasteiger partial charge on any atom is -0.307 e. The molecular formula is C21H23N5O2S. The molecule has 3 rings (SSSR count). The number of carbonyl (C=O) groups is 2. The van der Waals surface area contributed by atoms with E-state index in [9.17, 15) is 9.59 Å². The molecule has 8 heteroatoms. The van der Waals surface area contributed by atoms with E-state index in [2.05, 4.69) is 34.2 Å². The van der Waals surface area contributed by atoms with E-state index >= 15 is 0 Å². The van der Waals surface area contributed by atoms with Crippen LogP contribution in [0.3, 0.4) is 0 Å². The van der Waals surface area contributed by atoms with Gasteiger partial charge in [-0.05, 0) is 31.1 Å². The van der Waals surface area contributed by atoms with Gasteiger partial charge in [-0.25, -0.2) is 4.98 Å². The van der Waals surface area contributed by atoms with E-state index in [1.807, 2.05) is 31.2 Å². The lowest BCUT2D eigenvalue weighted by atomic mass is 9.97. The molecule has 0 spiro atoms. The summed E-state index contributed by atoms with van der Waals surface area (Å²) in [6.45, 7) is 7.36. The van der Waals surface area contributed by atoms with Crippen molar-refractivity contribution >= 4 is 34.1 Å². The molecule has 2 N–H and O–H groups in total. The summed E-state index contributed by atoms with van der Waals surface area (Å²) in [5, 5.41) is 10.7. The first kappa shape index (κ1) is 20.5. The predicted molar refractivity (Wildman–Crippen MR) is 116 cm³/mol. The number of hydrogen-bond acceptors (Lipinski definition) is 5. The van der Waals surface area contributed by atoms with E-state index in [1.165, 1.54) is 17.4 Å². The first-order valence-corrected chi connectivity index (χ1v) is 10.1. The Labute approximate surface area is 173 Å². The zero-order valence-electron chi connectivity index (χ0n) is 16.6. The Morgan fingerprint density at radius 2 is 2.10 bits per heavy atom. The second-order valence-electron chi connectivity index (χ2n) is 6.55. The van der Waals surface area contributed by atoms with Gasteiger partial charge in [0, 0.05) is 29.8 Å². The van der Waals surface area contributed by atoms with E-state index in [4.69, 9.17) is 0 Å². The lowest BCUT2D eigenvalue weighted by Gasteiger charge is -2.12. The Balaban J connectivity index is 1.78. The molecule has 150 valence electrons. The van der Waals surface area contributed by atoms with Crippen LogP contribution in [0.15, 0.2) is 49.2 Å². The molecule has 0 bridgehead atoms. The van der Waals surface area contributed by atoms with Crippen LogP contribution < -0.4 is 10.6 Å². The van der Waals surface area contributed by atoms with Crippen molar-refractivity contribution in [3.8, 4) is 11.3 Å². The Morgan fingerprint density at radius 3 is 2.79 bits per heavy atom. The Kier molecular flexibility index (Phi) is 6.23. The van der Waals surface area contributed by atoms with Gasteiger partial charge < -0.3 is 10.6 Å². The third-order valence-electron chi connectivity index (χ3n) is 4.52. The highest BCUT2D eigenvalue weighted by molar-refractivity contribution is 7.15. The van der Waals surface area contributed by atoms with E-state index in [0.717, 1.165) is 22.4 Å². The summed E-state index contributed by atoms with van der Waals surface area (Å²) in [6, 6.07) is 9.45. The fourth-order valence-electron chi connectivity index (χ4n) is 2.76. The average Bonchev–Trinajstić information content (AvgIpc) is 3.33. The Morgan fingerprint density at radius 1 is 1.31 bits per heavy atom. The number of aromatic nitrogens is 3. The quantitative estimate of drug-likeness (QED) is 0.578. The lowest BCUT2D eigenvalue weighted by Crippen LogP contribution is -2.18. The van der Waals surface area contributed by atoms with Gasteiger partial charge in [-0.2, -0.15) is 5.10 Å². The van der Waals surface area contributed by atoms with Crippen molar-refractivity contribution in [2.24, 2.45) is 7.05 Å². The number of nitrogens with one attached hydrogen (secondary N) is 2. The molecule has 0 aliphatic heterocycles. The number of amides is 2. The van der Waals surface area contributed by atoms with Crippen molar-refractivity contribution in [2.75, 3.05) is 10.6 Å². The second kappa shape index (κ2) is 8.83. The fraction of sp³-hybridized carbons (Fsp3) is 0.238. The first-order valence-electron chi connectivity index (χ1n) is 9.24. The summed E-state index contributed by atoms with van der Waals surface area (Å²) in [5.74, 6) is -0.199. The topological polar surface area (TPSA) is 88.9 Å². The molecule has 2 heterocycles. The van der Waals surface area contributed by atoms with E-state index in [-0.39, 0.29) is 17.7 Å². The zero-order valence-corrected chi connectivity index (χ0v) is 17.4.